The number of piperazine rings is 1. The lowest BCUT2D eigenvalue weighted by molar-refractivity contribution is 0.102. The van der Waals surface area contributed by atoms with Gasteiger partial charge in [-0.05, 0) is 48.8 Å². The first-order chi connectivity index (χ1) is 15.7. The van der Waals surface area contributed by atoms with E-state index >= 15 is 0 Å². The minimum Gasteiger partial charge on any atom is -0.354 e. The molecule has 0 atom stereocenters. The normalized spacial score (nSPS) is 14.5. The molecule has 4 aromatic rings. The Morgan fingerprint density at radius 1 is 0.875 bits per heavy atom. The van der Waals surface area contributed by atoms with Crippen LogP contribution in [-0.4, -0.2) is 64.0 Å². The Morgan fingerprint density at radius 3 is 2.47 bits per heavy atom. The highest BCUT2D eigenvalue weighted by Crippen LogP contribution is 2.23. The molecular formula is C24H23N7O. The molecule has 0 aromatic carbocycles. The zero-order chi connectivity index (χ0) is 21.9. The molecule has 4 aromatic heterocycles. The third kappa shape index (κ3) is 4.26. The highest BCUT2D eigenvalue weighted by molar-refractivity contribution is 6.05. The average molecular weight is 425 g/mol. The third-order valence-corrected chi connectivity index (χ3v) is 5.66. The van der Waals surface area contributed by atoms with Gasteiger partial charge in [0.1, 0.15) is 11.6 Å². The van der Waals surface area contributed by atoms with Gasteiger partial charge in [-0.25, -0.2) is 9.97 Å². The molecule has 0 spiro atoms. The van der Waals surface area contributed by atoms with Crippen LogP contribution in [-0.2, 0) is 0 Å². The van der Waals surface area contributed by atoms with Crippen molar-refractivity contribution in [2.45, 2.75) is 0 Å². The number of anilines is 2. The van der Waals surface area contributed by atoms with E-state index in [4.69, 9.17) is 0 Å². The maximum Gasteiger partial charge on any atom is 0.257 e. The first-order valence-electron chi connectivity index (χ1n) is 10.5. The van der Waals surface area contributed by atoms with Crippen LogP contribution in [0.4, 0.5) is 11.6 Å². The van der Waals surface area contributed by atoms with E-state index in [0.717, 1.165) is 54.0 Å². The van der Waals surface area contributed by atoms with Crippen LogP contribution in [0.2, 0.25) is 0 Å². The number of nitrogens with one attached hydrogen (secondary N) is 1. The average Bonchev–Trinajstić information content (AvgIpc) is 2.84. The molecule has 5 rings (SSSR count). The van der Waals surface area contributed by atoms with Gasteiger partial charge < -0.3 is 15.1 Å². The summed E-state index contributed by atoms with van der Waals surface area (Å²) >= 11 is 0. The van der Waals surface area contributed by atoms with Crippen molar-refractivity contribution in [1.29, 1.82) is 0 Å². The van der Waals surface area contributed by atoms with Gasteiger partial charge in [0.25, 0.3) is 5.91 Å². The van der Waals surface area contributed by atoms with E-state index in [9.17, 15) is 4.79 Å². The molecule has 1 aliphatic heterocycles. The summed E-state index contributed by atoms with van der Waals surface area (Å²) in [7, 11) is 2.11. The number of hydrogen-bond donors (Lipinski definition) is 1. The molecule has 1 saturated heterocycles. The first kappa shape index (κ1) is 20.0. The van der Waals surface area contributed by atoms with Gasteiger partial charge in [0, 0.05) is 73.7 Å². The second-order valence-corrected chi connectivity index (χ2v) is 7.87. The van der Waals surface area contributed by atoms with Gasteiger partial charge in [-0.2, -0.15) is 0 Å². The highest BCUT2D eigenvalue weighted by Gasteiger charge is 2.17. The second kappa shape index (κ2) is 8.68. The molecular weight excluding hydrogens is 402 g/mol. The van der Waals surface area contributed by atoms with Gasteiger partial charge in [-0.15, -0.1) is 0 Å². The fourth-order valence-electron chi connectivity index (χ4n) is 3.74. The number of rotatable bonds is 4. The van der Waals surface area contributed by atoms with Crippen LogP contribution < -0.4 is 10.2 Å². The smallest absolute Gasteiger partial charge is 0.257 e. The summed E-state index contributed by atoms with van der Waals surface area (Å²) in [4.78, 5) is 34.8. The Kier molecular flexibility index (Phi) is 5.43. The lowest BCUT2D eigenvalue weighted by Gasteiger charge is -2.33. The molecule has 160 valence electrons. The molecule has 5 heterocycles. The minimum atomic E-state index is -0.210. The monoisotopic (exact) mass is 425 g/mol. The van der Waals surface area contributed by atoms with Crippen LogP contribution in [0.25, 0.3) is 22.0 Å². The van der Waals surface area contributed by atoms with E-state index in [1.165, 1.54) is 0 Å². The quantitative estimate of drug-likeness (QED) is 0.538. The topological polar surface area (TPSA) is 87.1 Å². The maximum absolute atomic E-state index is 12.9. The highest BCUT2D eigenvalue weighted by atomic mass is 16.1. The van der Waals surface area contributed by atoms with Crippen molar-refractivity contribution in [3.8, 4) is 11.3 Å². The number of fused-ring (bicyclic) bond motifs is 1. The number of carbonyl (C=O) groups excluding carboxylic acids is 1. The van der Waals surface area contributed by atoms with Gasteiger partial charge in [0.05, 0.1) is 5.69 Å². The SMILES string of the molecule is CN1CCN(c2cc(C(=O)Nc3cc4cc(-c5ccncc5)ncc4cn3)ccn2)CC1. The molecule has 0 unspecified atom stereocenters. The minimum absolute atomic E-state index is 0.210. The van der Waals surface area contributed by atoms with Crippen LogP contribution in [0, 0.1) is 0 Å². The Morgan fingerprint density at radius 2 is 1.66 bits per heavy atom. The molecule has 1 aliphatic rings. The van der Waals surface area contributed by atoms with Gasteiger partial charge in [-0.3, -0.25) is 14.8 Å². The summed E-state index contributed by atoms with van der Waals surface area (Å²) in [6, 6.07) is 11.2. The lowest BCUT2D eigenvalue weighted by Crippen LogP contribution is -2.44. The summed E-state index contributed by atoms with van der Waals surface area (Å²) in [5, 5.41) is 4.77. The summed E-state index contributed by atoms with van der Waals surface area (Å²) < 4.78 is 0. The summed E-state index contributed by atoms with van der Waals surface area (Å²) in [5.41, 5.74) is 2.38. The Balaban J connectivity index is 1.36. The van der Waals surface area contributed by atoms with E-state index in [-0.39, 0.29) is 5.91 Å². The number of hydrogen-bond acceptors (Lipinski definition) is 7. The molecule has 1 N–H and O–H groups in total. The largest absolute Gasteiger partial charge is 0.354 e. The number of pyridine rings is 4. The number of amides is 1. The molecule has 1 amide bonds. The Hall–Kier alpha value is -3.91. The Labute approximate surface area is 186 Å². The number of aromatic nitrogens is 4. The number of nitrogens with zero attached hydrogens (tertiary/aromatic N) is 6. The summed E-state index contributed by atoms with van der Waals surface area (Å²) in [6.45, 7) is 3.76. The number of likely N-dealkylation sites (N-methyl/N-ethyl adjacent to an activating group) is 1. The van der Waals surface area contributed by atoms with Crippen LogP contribution >= 0.6 is 0 Å². The van der Waals surface area contributed by atoms with Crippen molar-refractivity contribution in [3.05, 3.63) is 72.9 Å². The van der Waals surface area contributed by atoms with E-state index in [1.807, 2.05) is 30.3 Å². The van der Waals surface area contributed by atoms with E-state index in [0.29, 0.717) is 11.4 Å². The summed E-state index contributed by atoms with van der Waals surface area (Å²) in [5.74, 6) is 1.11. The van der Waals surface area contributed by atoms with Gasteiger partial charge in [-0.1, -0.05) is 0 Å². The number of carbonyl (C=O) groups is 1. The van der Waals surface area contributed by atoms with Crippen molar-refractivity contribution in [3.63, 3.8) is 0 Å². The van der Waals surface area contributed by atoms with Crippen LogP contribution in [0.15, 0.2) is 67.4 Å². The molecule has 0 bridgehead atoms. The van der Waals surface area contributed by atoms with E-state index in [2.05, 4.69) is 42.1 Å². The molecule has 0 saturated carbocycles. The molecule has 1 fully saturated rings. The maximum atomic E-state index is 12.9. The van der Waals surface area contributed by atoms with Crippen molar-refractivity contribution in [2.75, 3.05) is 43.4 Å². The second-order valence-electron chi connectivity index (χ2n) is 7.87. The molecule has 0 radical (unpaired) electrons. The van der Waals surface area contributed by atoms with Crippen LogP contribution in [0.3, 0.4) is 0 Å². The fourth-order valence-corrected chi connectivity index (χ4v) is 3.74. The van der Waals surface area contributed by atoms with Gasteiger partial charge in [0.15, 0.2) is 0 Å². The van der Waals surface area contributed by atoms with Crippen LogP contribution in [0.1, 0.15) is 10.4 Å². The van der Waals surface area contributed by atoms with Gasteiger partial charge in [0.2, 0.25) is 0 Å². The molecule has 8 heteroatoms. The van der Waals surface area contributed by atoms with E-state index < -0.39 is 0 Å². The standard InChI is InChI=1S/C24H23N7O/c1-30-8-10-31(11-9-30)23-14-18(4-7-26-23)24(32)29-22-13-19-12-21(17-2-5-25-6-3-17)27-15-20(19)16-28-22/h2-7,12-16H,8-11H2,1H3,(H,28,29,32). The zero-order valence-corrected chi connectivity index (χ0v) is 17.8. The van der Waals surface area contributed by atoms with Crippen molar-refractivity contribution in [2.24, 2.45) is 0 Å². The van der Waals surface area contributed by atoms with Crippen LogP contribution in [0.5, 0.6) is 0 Å². The van der Waals surface area contributed by atoms with Crippen molar-refractivity contribution >= 4 is 28.3 Å². The zero-order valence-electron chi connectivity index (χ0n) is 17.8. The van der Waals surface area contributed by atoms with Gasteiger partial charge >= 0.3 is 0 Å². The van der Waals surface area contributed by atoms with E-state index in [1.54, 1.807) is 37.1 Å². The van der Waals surface area contributed by atoms with Crippen molar-refractivity contribution in [1.82, 2.24) is 24.8 Å². The lowest BCUT2D eigenvalue weighted by atomic mass is 10.1. The molecule has 0 aliphatic carbocycles. The molecule has 8 nitrogen and oxygen atoms in total. The Bertz CT molecular complexity index is 1250. The summed E-state index contributed by atoms with van der Waals surface area (Å²) in [6.07, 6.45) is 8.67. The predicted octanol–water partition coefficient (Wildman–Crippen LogP) is 3.09. The van der Waals surface area contributed by atoms with Crippen molar-refractivity contribution < 1.29 is 4.79 Å². The predicted molar refractivity (Wildman–Crippen MR) is 125 cm³/mol. The first-order valence-corrected chi connectivity index (χ1v) is 10.5. The third-order valence-electron chi connectivity index (χ3n) is 5.66. The molecule has 32 heavy (non-hydrogen) atoms. The fraction of sp³-hybridized carbons (Fsp3) is 0.208.